The Kier molecular flexibility index (Phi) is 6.59. The molecule has 0 saturated carbocycles. The van der Waals surface area contributed by atoms with Crippen LogP contribution in [-0.2, 0) is 9.53 Å². The van der Waals surface area contributed by atoms with E-state index in [9.17, 15) is 14.0 Å². The Hall–Kier alpha value is -3.09. The Balaban J connectivity index is 1.69. The number of nitrogens with zero attached hydrogens (tertiary/aromatic N) is 2. The monoisotopic (exact) mass is 414 g/mol. The normalized spacial score (nSPS) is 14.9. The molecule has 0 unspecified atom stereocenters. The molecular weight excluding hydrogens is 387 g/mol. The first-order valence-electron chi connectivity index (χ1n) is 10.0. The number of likely N-dealkylation sites (tertiary alicyclic amines) is 1. The number of ether oxygens (including phenoxy) is 1. The van der Waals surface area contributed by atoms with Gasteiger partial charge in [-0.05, 0) is 70.0 Å². The quantitative estimate of drug-likeness (QED) is 0.675. The number of hydrogen-bond donors (Lipinski definition) is 0. The lowest BCUT2D eigenvalue weighted by Gasteiger charge is -2.34. The van der Waals surface area contributed by atoms with Crippen LogP contribution in [0.5, 0.6) is 5.75 Å². The van der Waals surface area contributed by atoms with Gasteiger partial charge in [0.1, 0.15) is 11.4 Å². The number of rotatable bonds is 4. The van der Waals surface area contributed by atoms with E-state index in [-0.39, 0.29) is 23.7 Å². The molecule has 0 radical (unpaired) electrons. The molecule has 0 atom stereocenters. The molecule has 0 aromatic heterocycles. The summed E-state index contributed by atoms with van der Waals surface area (Å²) in [6.45, 7) is 6.35. The highest BCUT2D eigenvalue weighted by atomic mass is 19.1. The van der Waals surface area contributed by atoms with Gasteiger partial charge in [0, 0.05) is 19.0 Å². The van der Waals surface area contributed by atoms with Gasteiger partial charge in [0.05, 0.1) is 5.69 Å². The molecular formula is C23H27FN2O4. The maximum atomic E-state index is 13.3. The maximum Gasteiger partial charge on any atom is 0.410 e. The van der Waals surface area contributed by atoms with Crippen LogP contribution in [0.15, 0.2) is 54.6 Å². The summed E-state index contributed by atoms with van der Waals surface area (Å²) in [6.07, 6.45) is 0.651. The van der Waals surface area contributed by atoms with Gasteiger partial charge in [0.15, 0.2) is 5.75 Å². The smallest absolute Gasteiger partial charge is 0.410 e. The Morgan fingerprint density at radius 1 is 1.00 bits per heavy atom. The third-order valence-corrected chi connectivity index (χ3v) is 4.70. The zero-order valence-electron chi connectivity index (χ0n) is 17.5. The molecule has 7 heteroatoms. The number of para-hydroxylation sites is 1. The second kappa shape index (κ2) is 9.15. The maximum absolute atomic E-state index is 13.3. The number of hydroxylamine groups is 1. The number of halogens is 1. The number of benzene rings is 2. The Bertz CT molecular complexity index is 857. The molecule has 0 bridgehead atoms. The van der Waals surface area contributed by atoms with E-state index in [2.05, 4.69) is 0 Å². The summed E-state index contributed by atoms with van der Waals surface area (Å²) in [5.41, 5.74) is 0.0260. The van der Waals surface area contributed by atoms with Crippen molar-refractivity contribution in [1.82, 2.24) is 4.90 Å². The van der Waals surface area contributed by atoms with Crippen molar-refractivity contribution >= 4 is 17.7 Å². The predicted octanol–water partition coefficient (Wildman–Crippen LogP) is 4.80. The van der Waals surface area contributed by atoms with Gasteiger partial charge in [0.2, 0.25) is 0 Å². The van der Waals surface area contributed by atoms with E-state index in [1.165, 1.54) is 29.3 Å². The fraction of sp³-hybridized carbons (Fsp3) is 0.391. The van der Waals surface area contributed by atoms with Gasteiger partial charge >= 0.3 is 6.09 Å². The lowest BCUT2D eigenvalue weighted by Crippen LogP contribution is -2.46. The molecule has 1 fully saturated rings. The average molecular weight is 414 g/mol. The Labute approximate surface area is 176 Å². The van der Waals surface area contributed by atoms with Crippen molar-refractivity contribution in [2.24, 2.45) is 5.92 Å². The first-order valence-corrected chi connectivity index (χ1v) is 10.0. The van der Waals surface area contributed by atoms with Crippen LogP contribution in [-0.4, -0.2) is 35.6 Å². The highest BCUT2D eigenvalue weighted by Crippen LogP contribution is 2.26. The molecule has 2 amide bonds. The Morgan fingerprint density at radius 3 is 2.17 bits per heavy atom. The lowest BCUT2D eigenvalue weighted by molar-refractivity contribution is -0.128. The number of carbonyl (C=O) groups is 2. The van der Waals surface area contributed by atoms with Gasteiger partial charge in [-0.15, -0.1) is 5.06 Å². The van der Waals surface area contributed by atoms with Crippen molar-refractivity contribution in [3.8, 4) is 5.75 Å². The van der Waals surface area contributed by atoms with Gasteiger partial charge in [0.25, 0.3) is 5.91 Å². The van der Waals surface area contributed by atoms with E-state index in [1.807, 2.05) is 39.0 Å². The highest BCUT2D eigenvalue weighted by molar-refractivity contribution is 5.93. The van der Waals surface area contributed by atoms with Crippen LogP contribution in [0.3, 0.4) is 0 Å². The summed E-state index contributed by atoms with van der Waals surface area (Å²) < 4.78 is 18.6. The standard InChI is InChI=1S/C23H27FN2O4/c1-23(2,3)29-22(28)25-15-13-17(14-16-25)21(27)26(19-7-5-4-6-8-19)30-20-11-9-18(24)10-12-20/h4-12,17H,13-16H2,1-3H3. The van der Waals surface area contributed by atoms with E-state index >= 15 is 0 Å². The molecule has 0 spiro atoms. The zero-order chi connectivity index (χ0) is 21.7. The van der Waals surface area contributed by atoms with Gasteiger partial charge in [-0.3, -0.25) is 4.79 Å². The van der Waals surface area contributed by atoms with Gasteiger partial charge in [-0.2, -0.15) is 0 Å². The van der Waals surface area contributed by atoms with Crippen LogP contribution in [0.1, 0.15) is 33.6 Å². The number of hydrogen-bond acceptors (Lipinski definition) is 4. The molecule has 2 aromatic carbocycles. The van der Waals surface area contributed by atoms with Crippen molar-refractivity contribution in [3.63, 3.8) is 0 Å². The van der Waals surface area contributed by atoms with Crippen LogP contribution >= 0.6 is 0 Å². The minimum Gasteiger partial charge on any atom is -0.444 e. The fourth-order valence-electron chi connectivity index (χ4n) is 3.19. The van der Waals surface area contributed by atoms with Crippen molar-refractivity contribution < 1.29 is 23.6 Å². The van der Waals surface area contributed by atoms with Crippen molar-refractivity contribution in [3.05, 3.63) is 60.4 Å². The van der Waals surface area contributed by atoms with Crippen LogP contribution in [0.25, 0.3) is 0 Å². The minimum absolute atomic E-state index is 0.200. The number of piperidine rings is 1. The molecule has 160 valence electrons. The molecule has 1 aliphatic heterocycles. The van der Waals surface area contributed by atoms with Gasteiger partial charge in [-0.1, -0.05) is 18.2 Å². The molecule has 1 saturated heterocycles. The molecule has 2 aromatic rings. The average Bonchev–Trinajstić information content (AvgIpc) is 2.72. The van der Waals surface area contributed by atoms with Crippen LogP contribution in [0.4, 0.5) is 14.9 Å². The van der Waals surface area contributed by atoms with Crippen molar-refractivity contribution in [1.29, 1.82) is 0 Å². The number of amides is 2. The molecule has 6 nitrogen and oxygen atoms in total. The summed E-state index contributed by atoms with van der Waals surface area (Å²) in [5, 5.41) is 1.25. The van der Waals surface area contributed by atoms with Crippen molar-refractivity contribution in [2.45, 2.75) is 39.2 Å². The summed E-state index contributed by atoms with van der Waals surface area (Å²) in [5.74, 6) is -0.520. The summed E-state index contributed by atoms with van der Waals surface area (Å²) in [4.78, 5) is 33.0. The molecule has 0 N–H and O–H groups in total. The molecule has 1 aliphatic rings. The zero-order valence-corrected chi connectivity index (χ0v) is 17.5. The highest BCUT2D eigenvalue weighted by Gasteiger charge is 2.33. The largest absolute Gasteiger partial charge is 0.444 e. The van der Waals surface area contributed by atoms with Crippen LogP contribution < -0.4 is 9.90 Å². The van der Waals surface area contributed by atoms with E-state index in [0.717, 1.165) is 0 Å². The summed E-state index contributed by atoms with van der Waals surface area (Å²) >= 11 is 0. The summed E-state index contributed by atoms with van der Waals surface area (Å²) in [6, 6.07) is 14.5. The molecule has 30 heavy (non-hydrogen) atoms. The first-order chi connectivity index (χ1) is 14.2. The first kappa shape index (κ1) is 21.6. The third-order valence-electron chi connectivity index (χ3n) is 4.70. The minimum atomic E-state index is -0.559. The second-order valence-electron chi connectivity index (χ2n) is 8.26. The van der Waals surface area contributed by atoms with Crippen molar-refractivity contribution in [2.75, 3.05) is 18.2 Å². The second-order valence-corrected chi connectivity index (χ2v) is 8.26. The van der Waals surface area contributed by atoms with E-state index in [0.29, 0.717) is 37.4 Å². The van der Waals surface area contributed by atoms with Crippen LogP contribution in [0.2, 0.25) is 0 Å². The fourth-order valence-corrected chi connectivity index (χ4v) is 3.19. The summed E-state index contributed by atoms with van der Waals surface area (Å²) in [7, 11) is 0. The van der Waals surface area contributed by atoms with Crippen LogP contribution in [0, 0.1) is 11.7 Å². The van der Waals surface area contributed by atoms with E-state index in [4.69, 9.17) is 9.57 Å². The van der Waals surface area contributed by atoms with Gasteiger partial charge < -0.3 is 14.5 Å². The van der Waals surface area contributed by atoms with E-state index < -0.39 is 5.60 Å². The number of carbonyl (C=O) groups excluding carboxylic acids is 2. The molecule has 3 rings (SSSR count). The SMILES string of the molecule is CC(C)(C)OC(=O)N1CCC(C(=O)N(Oc2ccc(F)cc2)c2ccccc2)CC1. The van der Waals surface area contributed by atoms with E-state index in [1.54, 1.807) is 17.0 Å². The lowest BCUT2D eigenvalue weighted by atomic mass is 9.96. The topological polar surface area (TPSA) is 59.1 Å². The predicted molar refractivity (Wildman–Crippen MR) is 111 cm³/mol. The Morgan fingerprint density at radius 2 is 1.60 bits per heavy atom. The molecule has 0 aliphatic carbocycles. The number of anilines is 1. The molecule has 1 heterocycles. The van der Waals surface area contributed by atoms with Gasteiger partial charge in [-0.25, -0.2) is 9.18 Å². The third kappa shape index (κ3) is 5.72.